The van der Waals surface area contributed by atoms with E-state index in [1.807, 2.05) is 0 Å². The van der Waals surface area contributed by atoms with Gasteiger partial charge in [0.15, 0.2) is 0 Å². The summed E-state index contributed by atoms with van der Waals surface area (Å²) < 4.78 is 0. The molecule has 7 nitrogen and oxygen atoms in total. The molecule has 0 aromatic carbocycles. The maximum Gasteiger partial charge on any atom is 0.288 e. The first-order valence-corrected chi connectivity index (χ1v) is 5.59. The second-order valence-electron chi connectivity index (χ2n) is 3.56. The lowest BCUT2D eigenvalue weighted by molar-refractivity contribution is -0.385. The lowest BCUT2D eigenvalue weighted by Gasteiger charge is -2.09. The van der Waals surface area contributed by atoms with Crippen LogP contribution in [0.25, 0.3) is 0 Å². The van der Waals surface area contributed by atoms with Gasteiger partial charge < -0.3 is 10.4 Å². The summed E-state index contributed by atoms with van der Waals surface area (Å²) in [6.45, 7) is 1.81. The molecule has 98 valence electrons. The molecule has 0 spiro atoms. The summed E-state index contributed by atoms with van der Waals surface area (Å²) in [5.41, 5.74) is -0.408. The summed E-state index contributed by atoms with van der Waals surface area (Å²) in [5, 5.41) is 22.1. The van der Waals surface area contributed by atoms with E-state index in [1.165, 1.54) is 0 Å². The highest BCUT2D eigenvalue weighted by Crippen LogP contribution is 2.18. The van der Waals surface area contributed by atoms with E-state index in [1.54, 1.807) is 6.92 Å². The van der Waals surface area contributed by atoms with Crippen LogP contribution < -0.4 is 5.32 Å². The third-order valence-electron chi connectivity index (χ3n) is 2.25. The Morgan fingerprint density at radius 3 is 2.94 bits per heavy atom. The van der Waals surface area contributed by atoms with E-state index in [2.05, 4.69) is 10.3 Å². The molecular weight excluding hydrogens is 262 g/mol. The van der Waals surface area contributed by atoms with Gasteiger partial charge in [-0.25, -0.2) is 4.98 Å². The third kappa shape index (κ3) is 3.64. The van der Waals surface area contributed by atoms with Crippen LogP contribution in [0, 0.1) is 10.1 Å². The average molecular weight is 274 g/mol. The highest BCUT2D eigenvalue weighted by molar-refractivity contribution is 6.32. The predicted molar refractivity (Wildman–Crippen MR) is 64.5 cm³/mol. The minimum Gasteiger partial charge on any atom is -0.391 e. The average Bonchev–Trinajstić information content (AvgIpc) is 2.35. The molecule has 0 aliphatic carbocycles. The van der Waals surface area contributed by atoms with Crippen molar-refractivity contribution in [3.63, 3.8) is 0 Å². The van der Waals surface area contributed by atoms with E-state index in [-0.39, 0.29) is 22.9 Å². The van der Waals surface area contributed by atoms with Crippen molar-refractivity contribution in [2.24, 2.45) is 0 Å². The number of nitrogens with one attached hydrogen (secondary N) is 1. The van der Waals surface area contributed by atoms with Gasteiger partial charge in [0.25, 0.3) is 11.6 Å². The predicted octanol–water partition coefficient (Wildman–Crippen LogP) is 1.14. The van der Waals surface area contributed by atoms with Gasteiger partial charge >= 0.3 is 0 Å². The van der Waals surface area contributed by atoms with Crippen molar-refractivity contribution in [2.45, 2.75) is 19.4 Å². The van der Waals surface area contributed by atoms with Crippen molar-refractivity contribution in [1.82, 2.24) is 10.3 Å². The monoisotopic (exact) mass is 273 g/mol. The Labute approximate surface area is 108 Å². The molecule has 0 fully saturated rings. The molecule has 1 aromatic rings. The molecule has 0 saturated carbocycles. The number of carbonyl (C=O) groups excluding carboxylic acids is 1. The quantitative estimate of drug-likeness (QED) is 0.475. The fraction of sp³-hybridized carbons (Fsp3) is 0.400. The molecule has 0 aliphatic rings. The molecular formula is C10H12ClN3O4. The second-order valence-corrected chi connectivity index (χ2v) is 3.92. The molecule has 0 bridgehead atoms. The molecule has 1 rings (SSSR count). The van der Waals surface area contributed by atoms with Gasteiger partial charge in [-0.3, -0.25) is 14.9 Å². The van der Waals surface area contributed by atoms with Crippen LogP contribution >= 0.6 is 11.6 Å². The standard InChI is InChI=1S/C10H12ClN3O4/c1-2-7(15)5-13-10(16)8-3-6(14(17)18)4-12-9(8)11/h3-4,7,15H,2,5H2,1H3,(H,13,16). The van der Waals surface area contributed by atoms with E-state index >= 15 is 0 Å². The van der Waals surface area contributed by atoms with E-state index in [0.717, 1.165) is 12.3 Å². The Balaban J connectivity index is 2.84. The molecule has 18 heavy (non-hydrogen) atoms. The number of rotatable bonds is 5. The number of amides is 1. The molecule has 1 atom stereocenters. The number of aromatic nitrogens is 1. The maximum absolute atomic E-state index is 11.7. The van der Waals surface area contributed by atoms with Crippen molar-refractivity contribution < 1.29 is 14.8 Å². The van der Waals surface area contributed by atoms with Crippen LogP contribution in [0.15, 0.2) is 12.3 Å². The lowest BCUT2D eigenvalue weighted by Crippen LogP contribution is -2.32. The molecule has 2 N–H and O–H groups in total. The first-order valence-electron chi connectivity index (χ1n) is 5.22. The number of pyridine rings is 1. The summed E-state index contributed by atoms with van der Waals surface area (Å²) in [4.78, 5) is 25.1. The van der Waals surface area contributed by atoms with E-state index in [0.29, 0.717) is 6.42 Å². The van der Waals surface area contributed by atoms with Crippen molar-refractivity contribution >= 4 is 23.2 Å². The Kier molecular flexibility index (Phi) is 4.99. The van der Waals surface area contributed by atoms with Crippen molar-refractivity contribution in [3.05, 3.63) is 33.1 Å². The summed E-state index contributed by atoms with van der Waals surface area (Å²) >= 11 is 5.69. The summed E-state index contributed by atoms with van der Waals surface area (Å²) in [7, 11) is 0. The number of halogens is 1. The Bertz CT molecular complexity index is 466. The maximum atomic E-state index is 11.7. The molecule has 0 radical (unpaired) electrons. The van der Waals surface area contributed by atoms with Crippen LogP contribution in [-0.4, -0.2) is 33.6 Å². The van der Waals surface area contributed by atoms with Crippen molar-refractivity contribution in [3.8, 4) is 0 Å². The third-order valence-corrected chi connectivity index (χ3v) is 2.55. The van der Waals surface area contributed by atoms with Crippen LogP contribution in [0.3, 0.4) is 0 Å². The molecule has 1 heterocycles. The number of nitrogens with zero attached hydrogens (tertiary/aromatic N) is 2. The zero-order valence-electron chi connectivity index (χ0n) is 9.59. The number of aliphatic hydroxyl groups excluding tert-OH is 1. The highest BCUT2D eigenvalue weighted by atomic mass is 35.5. The Morgan fingerprint density at radius 2 is 2.39 bits per heavy atom. The topological polar surface area (TPSA) is 105 Å². The van der Waals surface area contributed by atoms with Gasteiger partial charge in [0.1, 0.15) is 11.3 Å². The summed E-state index contributed by atoms with van der Waals surface area (Å²) in [6, 6.07) is 1.04. The number of hydrogen-bond donors (Lipinski definition) is 2. The molecule has 8 heteroatoms. The van der Waals surface area contributed by atoms with Crippen LogP contribution in [0.1, 0.15) is 23.7 Å². The summed E-state index contributed by atoms with van der Waals surface area (Å²) in [6.07, 6.45) is 0.792. The smallest absolute Gasteiger partial charge is 0.288 e. The lowest BCUT2D eigenvalue weighted by atomic mass is 10.2. The van der Waals surface area contributed by atoms with E-state index in [4.69, 9.17) is 11.6 Å². The fourth-order valence-corrected chi connectivity index (χ4v) is 1.34. The van der Waals surface area contributed by atoms with Gasteiger partial charge in [0.2, 0.25) is 0 Å². The van der Waals surface area contributed by atoms with Gasteiger partial charge in [0.05, 0.1) is 16.6 Å². The van der Waals surface area contributed by atoms with Crippen molar-refractivity contribution in [2.75, 3.05) is 6.54 Å². The van der Waals surface area contributed by atoms with Gasteiger partial charge in [-0.1, -0.05) is 18.5 Å². The Hall–Kier alpha value is -1.73. The molecule has 0 aliphatic heterocycles. The minimum atomic E-state index is -0.667. The molecule has 1 amide bonds. The number of carbonyl (C=O) groups is 1. The summed E-state index contributed by atoms with van der Waals surface area (Å²) in [5.74, 6) is -0.608. The van der Waals surface area contributed by atoms with Crippen LogP contribution in [0.4, 0.5) is 5.69 Å². The first-order chi connectivity index (χ1) is 8.45. The zero-order chi connectivity index (χ0) is 13.7. The zero-order valence-corrected chi connectivity index (χ0v) is 10.3. The van der Waals surface area contributed by atoms with Crippen LogP contribution in [0.2, 0.25) is 5.15 Å². The van der Waals surface area contributed by atoms with Crippen LogP contribution in [-0.2, 0) is 0 Å². The van der Waals surface area contributed by atoms with Crippen molar-refractivity contribution in [1.29, 1.82) is 0 Å². The SMILES string of the molecule is CCC(O)CNC(=O)c1cc([N+](=O)[O-])cnc1Cl. The highest BCUT2D eigenvalue weighted by Gasteiger charge is 2.17. The largest absolute Gasteiger partial charge is 0.391 e. The van der Waals surface area contributed by atoms with E-state index < -0.39 is 16.9 Å². The van der Waals surface area contributed by atoms with Gasteiger partial charge in [-0.05, 0) is 6.42 Å². The first kappa shape index (κ1) is 14.3. The minimum absolute atomic E-state index is 0.0500. The fourth-order valence-electron chi connectivity index (χ4n) is 1.15. The van der Waals surface area contributed by atoms with Crippen LogP contribution in [0.5, 0.6) is 0 Å². The second kappa shape index (κ2) is 6.27. The van der Waals surface area contributed by atoms with E-state index in [9.17, 15) is 20.0 Å². The number of nitro groups is 1. The normalized spacial score (nSPS) is 11.9. The Morgan fingerprint density at radius 1 is 1.72 bits per heavy atom. The molecule has 1 unspecified atom stereocenters. The molecule has 1 aromatic heterocycles. The number of hydrogen-bond acceptors (Lipinski definition) is 5. The molecule has 0 saturated heterocycles. The van der Waals surface area contributed by atoms with Gasteiger partial charge in [-0.2, -0.15) is 0 Å². The number of aliphatic hydroxyl groups is 1. The van der Waals surface area contributed by atoms with Gasteiger partial charge in [0, 0.05) is 12.6 Å². The van der Waals surface area contributed by atoms with Gasteiger partial charge in [-0.15, -0.1) is 0 Å².